The smallest absolute Gasteiger partial charge is 0.123 e. The van der Waals surface area contributed by atoms with Gasteiger partial charge in [0.1, 0.15) is 5.82 Å². The number of hydrogen-bond acceptors (Lipinski definition) is 3. The SMILES string of the molecule is NC1CCC=NC(c2ccc(F)cc2)=C1c1ccncc1. The maximum Gasteiger partial charge on any atom is 0.123 e. The van der Waals surface area contributed by atoms with E-state index in [0.29, 0.717) is 0 Å². The predicted molar refractivity (Wildman–Crippen MR) is 83.2 cm³/mol. The van der Waals surface area contributed by atoms with Crippen LogP contribution in [0.1, 0.15) is 24.0 Å². The first-order valence-electron chi connectivity index (χ1n) is 6.94. The molecule has 106 valence electrons. The van der Waals surface area contributed by atoms with E-state index < -0.39 is 0 Å². The molecule has 1 unspecified atom stereocenters. The molecule has 21 heavy (non-hydrogen) atoms. The fraction of sp³-hybridized carbons (Fsp3) is 0.176. The van der Waals surface area contributed by atoms with Crippen molar-refractivity contribution in [2.45, 2.75) is 18.9 Å². The van der Waals surface area contributed by atoms with E-state index in [1.165, 1.54) is 12.1 Å². The van der Waals surface area contributed by atoms with Gasteiger partial charge in [-0.3, -0.25) is 9.98 Å². The summed E-state index contributed by atoms with van der Waals surface area (Å²) in [6.07, 6.45) is 7.04. The predicted octanol–water partition coefficient (Wildman–Crippen LogP) is 3.28. The van der Waals surface area contributed by atoms with Gasteiger partial charge < -0.3 is 5.73 Å². The average Bonchev–Trinajstić information content (AvgIpc) is 2.71. The van der Waals surface area contributed by atoms with Gasteiger partial charge in [-0.05, 0) is 54.8 Å². The van der Waals surface area contributed by atoms with Crippen LogP contribution in [0.15, 0.2) is 53.8 Å². The van der Waals surface area contributed by atoms with E-state index in [1.54, 1.807) is 24.5 Å². The number of halogens is 1. The summed E-state index contributed by atoms with van der Waals surface area (Å²) < 4.78 is 13.1. The molecule has 1 atom stereocenters. The van der Waals surface area contributed by atoms with Gasteiger partial charge in [0.15, 0.2) is 0 Å². The third kappa shape index (κ3) is 2.90. The summed E-state index contributed by atoms with van der Waals surface area (Å²) in [5, 5.41) is 0. The molecular weight excluding hydrogens is 265 g/mol. The third-order valence-electron chi connectivity index (χ3n) is 3.56. The van der Waals surface area contributed by atoms with Crippen LogP contribution in [0.5, 0.6) is 0 Å². The molecule has 0 fully saturated rings. The Kier molecular flexibility index (Phi) is 3.88. The van der Waals surface area contributed by atoms with Crippen LogP contribution in [0.25, 0.3) is 11.3 Å². The van der Waals surface area contributed by atoms with Gasteiger partial charge in [-0.1, -0.05) is 0 Å². The number of rotatable bonds is 2. The second-order valence-corrected chi connectivity index (χ2v) is 5.00. The molecule has 0 bridgehead atoms. The first-order valence-corrected chi connectivity index (χ1v) is 6.94. The van der Waals surface area contributed by atoms with Crippen molar-refractivity contribution in [2.24, 2.45) is 10.7 Å². The molecule has 0 aliphatic carbocycles. The molecule has 3 nitrogen and oxygen atoms in total. The van der Waals surface area contributed by atoms with Crippen LogP contribution in [-0.4, -0.2) is 17.2 Å². The van der Waals surface area contributed by atoms with Gasteiger partial charge in [-0.2, -0.15) is 0 Å². The van der Waals surface area contributed by atoms with Crippen molar-refractivity contribution in [2.75, 3.05) is 0 Å². The minimum Gasteiger partial charge on any atom is -0.324 e. The Bertz CT molecular complexity index is 675. The summed E-state index contributed by atoms with van der Waals surface area (Å²) in [7, 11) is 0. The van der Waals surface area contributed by atoms with Crippen LogP contribution < -0.4 is 5.73 Å². The van der Waals surface area contributed by atoms with Crippen molar-refractivity contribution in [1.29, 1.82) is 0 Å². The lowest BCUT2D eigenvalue weighted by atomic mass is 9.93. The Labute approximate surface area is 123 Å². The van der Waals surface area contributed by atoms with Crippen LogP contribution >= 0.6 is 0 Å². The standard InChI is InChI=1S/C17H16FN3/c18-14-5-3-13(4-6-14)17-16(12-7-10-20-11-8-12)15(19)2-1-9-21-17/h3-11,15H,1-2,19H2. The normalized spacial score (nSPS) is 18.7. The molecule has 4 heteroatoms. The Morgan fingerprint density at radius 1 is 1.00 bits per heavy atom. The van der Waals surface area contributed by atoms with Gasteiger partial charge >= 0.3 is 0 Å². The van der Waals surface area contributed by atoms with Crippen LogP contribution in [-0.2, 0) is 0 Å². The zero-order valence-electron chi connectivity index (χ0n) is 11.5. The highest BCUT2D eigenvalue weighted by Gasteiger charge is 2.19. The van der Waals surface area contributed by atoms with Gasteiger partial charge in [0, 0.05) is 35.8 Å². The quantitative estimate of drug-likeness (QED) is 0.918. The molecule has 0 spiro atoms. The summed E-state index contributed by atoms with van der Waals surface area (Å²) in [4.78, 5) is 8.61. The summed E-state index contributed by atoms with van der Waals surface area (Å²) in [5.74, 6) is -0.258. The first kappa shape index (κ1) is 13.6. The maximum atomic E-state index is 13.1. The summed E-state index contributed by atoms with van der Waals surface area (Å²) >= 11 is 0. The Morgan fingerprint density at radius 3 is 2.43 bits per heavy atom. The lowest BCUT2D eigenvalue weighted by Crippen LogP contribution is -2.22. The number of aliphatic imine (C=N–C) groups is 1. The van der Waals surface area contributed by atoms with Gasteiger partial charge in [0.25, 0.3) is 0 Å². The van der Waals surface area contributed by atoms with Gasteiger partial charge in [0.05, 0.1) is 5.70 Å². The van der Waals surface area contributed by atoms with Crippen LogP contribution in [0.3, 0.4) is 0 Å². The van der Waals surface area contributed by atoms with Gasteiger partial charge in [-0.25, -0.2) is 4.39 Å². The van der Waals surface area contributed by atoms with E-state index >= 15 is 0 Å². The Hall–Kier alpha value is -2.33. The second kappa shape index (κ2) is 5.97. The molecule has 2 N–H and O–H groups in total. The highest BCUT2D eigenvalue weighted by molar-refractivity contribution is 5.95. The minimum atomic E-state index is -0.258. The van der Waals surface area contributed by atoms with Crippen molar-refractivity contribution in [3.05, 3.63) is 65.7 Å². The fourth-order valence-corrected chi connectivity index (χ4v) is 2.52. The highest BCUT2D eigenvalue weighted by Crippen LogP contribution is 2.32. The summed E-state index contributed by atoms with van der Waals surface area (Å²) in [5.41, 5.74) is 10.0. The molecule has 1 aliphatic rings. The molecule has 1 aromatic carbocycles. The van der Waals surface area contributed by atoms with Gasteiger partial charge in [0.2, 0.25) is 0 Å². The van der Waals surface area contributed by atoms with E-state index in [1.807, 2.05) is 18.3 Å². The molecule has 1 aliphatic heterocycles. The van der Waals surface area contributed by atoms with E-state index in [4.69, 9.17) is 5.73 Å². The lowest BCUT2D eigenvalue weighted by Gasteiger charge is -2.17. The number of hydrogen-bond donors (Lipinski definition) is 1. The topological polar surface area (TPSA) is 51.3 Å². The molecule has 2 aromatic rings. The Balaban J connectivity index is 2.19. The van der Waals surface area contributed by atoms with Crippen LogP contribution in [0, 0.1) is 5.82 Å². The molecule has 0 radical (unpaired) electrons. The van der Waals surface area contributed by atoms with Crippen molar-refractivity contribution in [3.63, 3.8) is 0 Å². The minimum absolute atomic E-state index is 0.102. The maximum absolute atomic E-state index is 13.1. The largest absolute Gasteiger partial charge is 0.324 e. The second-order valence-electron chi connectivity index (χ2n) is 5.00. The monoisotopic (exact) mass is 281 g/mol. The summed E-state index contributed by atoms with van der Waals surface area (Å²) in [6, 6.07) is 10.1. The number of aromatic nitrogens is 1. The van der Waals surface area contributed by atoms with Crippen molar-refractivity contribution >= 4 is 17.5 Å². The highest BCUT2D eigenvalue weighted by atomic mass is 19.1. The Morgan fingerprint density at radius 2 is 1.71 bits per heavy atom. The van der Waals surface area contributed by atoms with Crippen LogP contribution in [0.2, 0.25) is 0 Å². The molecule has 3 rings (SSSR count). The molecular formula is C17H16FN3. The number of benzene rings is 1. The van der Waals surface area contributed by atoms with Crippen molar-refractivity contribution < 1.29 is 4.39 Å². The van der Waals surface area contributed by atoms with E-state index in [0.717, 1.165) is 35.2 Å². The molecule has 0 amide bonds. The third-order valence-corrected chi connectivity index (χ3v) is 3.56. The fourth-order valence-electron chi connectivity index (χ4n) is 2.52. The lowest BCUT2D eigenvalue weighted by molar-refractivity contribution is 0.627. The van der Waals surface area contributed by atoms with E-state index in [-0.39, 0.29) is 11.9 Å². The average molecular weight is 281 g/mol. The zero-order valence-corrected chi connectivity index (χ0v) is 11.5. The summed E-state index contributed by atoms with van der Waals surface area (Å²) in [6.45, 7) is 0. The number of nitrogens with zero attached hydrogens (tertiary/aromatic N) is 2. The number of nitrogens with two attached hydrogens (primary N) is 1. The van der Waals surface area contributed by atoms with Gasteiger partial charge in [-0.15, -0.1) is 0 Å². The first-order chi connectivity index (χ1) is 10.3. The van der Waals surface area contributed by atoms with Crippen molar-refractivity contribution in [1.82, 2.24) is 4.98 Å². The molecule has 0 saturated carbocycles. The molecule has 1 aromatic heterocycles. The molecule has 2 heterocycles. The molecule has 0 saturated heterocycles. The van der Waals surface area contributed by atoms with E-state index in [9.17, 15) is 4.39 Å². The van der Waals surface area contributed by atoms with Crippen molar-refractivity contribution in [3.8, 4) is 0 Å². The number of pyridine rings is 1. The van der Waals surface area contributed by atoms with Crippen LogP contribution in [0.4, 0.5) is 4.39 Å². The van der Waals surface area contributed by atoms with E-state index in [2.05, 4.69) is 9.98 Å². The zero-order chi connectivity index (χ0) is 14.7.